The van der Waals surface area contributed by atoms with Crippen LogP contribution in [-0.2, 0) is 19.4 Å². The topological polar surface area (TPSA) is 91.8 Å². The number of methoxy groups -OCH3 is 2. The number of phenolic OH excluding ortho intramolecular Hbond substituents is 1. The lowest BCUT2D eigenvalue weighted by atomic mass is 9.91. The fraction of sp³-hybridized carbons (Fsp3) is 0.600. The first-order valence-electron chi connectivity index (χ1n) is 12.0. The van der Waals surface area contributed by atoms with Crippen molar-refractivity contribution in [2.24, 2.45) is 0 Å². The zero-order chi connectivity index (χ0) is 23.4. The molecule has 0 aliphatic heterocycles. The standard InChI is InChI=1S/C25H37N5O3/c1-30(2)24-19-7-5-6-8-20(19)28-25(29-24)27-18-11-9-17(10-12-18)26-15-16-13-21(32-3)23(31)22(14-16)33-4/h13-14,17-18,26,31H,5-12,15H2,1-4H3,(H,27,28,29)/t17-,18+. The summed E-state index contributed by atoms with van der Waals surface area (Å²) in [4.78, 5) is 11.9. The summed E-state index contributed by atoms with van der Waals surface area (Å²) in [5, 5.41) is 17.4. The summed E-state index contributed by atoms with van der Waals surface area (Å²) >= 11 is 0. The van der Waals surface area contributed by atoms with Crippen molar-refractivity contribution < 1.29 is 14.6 Å². The van der Waals surface area contributed by atoms with Gasteiger partial charge in [0, 0.05) is 38.3 Å². The Morgan fingerprint density at radius 1 is 0.970 bits per heavy atom. The molecule has 8 nitrogen and oxygen atoms in total. The molecule has 33 heavy (non-hydrogen) atoms. The second-order valence-electron chi connectivity index (χ2n) is 9.32. The molecule has 0 saturated heterocycles. The minimum atomic E-state index is 0.0390. The zero-order valence-corrected chi connectivity index (χ0v) is 20.3. The summed E-state index contributed by atoms with van der Waals surface area (Å²) in [7, 11) is 7.23. The van der Waals surface area contributed by atoms with E-state index in [4.69, 9.17) is 19.4 Å². The molecule has 0 bridgehead atoms. The van der Waals surface area contributed by atoms with Crippen LogP contribution in [0.5, 0.6) is 17.2 Å². The number of ether oxygens (including phenoxy) is 2. The molecule has 4 rings (SSSR count). The van der Waals surface area contributed by atoms with Gasteiger partial charge in [-0.2, -0.15) is 4.98 Å². The van der Waals surface area contributed by atoms with E-state index in [0.29, 0.717) is 30.1 Å². The Morgan fingerprint density at radius 2 is 1.61 bits per heavy atom. The number of nitrogens with zero attached hydrogens (tertiary/aromatic N) is 3. The number of nitrogens with one attached hydrogen (secondary N) is 2. The van der Waals surface area contributed by atoms with Crippen LogP contribution in [0, 0.1) is 0 Å². The van der Waals surface area contributed by atoms with Crippen molar-refractivity contribution in [3.63, 3.8) is 0 Å². The molecular formula is C25H37N5O3. The third-order valence-electron chi connectivity index (χ3n) is 6.78. The molecular weight excluding hydrogens is 418 g/mol. The molecule has 1 aromatic carbocycles. The number of fused-ring (bicyclic) bond motifs is 1. The van der Waals surface area contributed by atoms with Gasteiger partial charge >= 0.3 is 0 Å². The number of rotatable bonds is 8. The molecule has 8 heteroatoms. The predicted octanol–water partition coefficient (Wildman–Crippen LogP) is 3.66. The first-order chi connectivity index (χ1) is 16.0. The molecule has 1 heterocycles. The van der Waals surface area contributed by atoms with Crippen LogP contribution in [0.25, 0.3) is 0 Å². The van der Waals surface area contributed by atoms with Crippen LogP contribution in [-0.4, -0.2) is 55.5 Å². The van der Waals surface area contributed by atoms with Gasteiger partial charge in [-0.15, -0.1) is 0 Å². The van der Waals surface area contributed by atoms with Crippen molar-refractivity contribution >= 4 is 11.8 Å². The zero-order valence-electron chi connectivity index (χ0n) is 20.3. The van der Waals surface area contributed by atoms with Gasteiger partial charge in [0.15, 0.2) is 11.5 Å². The van der Waals surface area contributed by atoms with Crippen molar-refractivity contribution in [1.82, 2.24) is 15.3 Å². The van der Waals surface area contributed by atoms with E-state index in [0.717, 1.165) is 55.9 Å². The Labute approximate surface area is 196 Å². The van der Waals surface area contributed by atoms with Gasteiger partial charge in [-0.25, -0.2) is 4.98 Å². The monoisotopic (exact) mass is 455 g/mol. The van der Waals surface area contributed by atoms with Gasteiger partial charge in [0.25, 0.3) is 0 Å². The first kappa shape index (κ1) is 23.4. The van der Waals surface area contributed by atoms with Crippen LogP contribution >= 0.6 is 0 Å². The van der Waals surface area contributed by atoms with Crippen molar-refractivity contribution in [3.05, 3.63) is 29.0 Å². The molecule has 2 aromatic rings. The molecule has 1 aromatic heterocycles. The second kappa shape index (κ2) is 10.5. The van der Waals surface area contributed by atoms with Crippen LogP contribution in [0.2, 0.25) is 0 Å². The molecule has 2 aliphatic carbocycles. The van der Waals surface area contributed by atoms with Crippen LogP contribution in [0.3, 0.4) is 0 Å². The second-order valence-corrected chi connectivity index (χ2v) is 9.32. The summed E-state index contributed by atoms with van der Waals surface area (Å²) in [6.07, 6.45) is 8.92. The molecule has 0 radical (unpaired) electrons. The van der Waals surface area contributed by atoms with Crippen LogP contribution in [0.15, 0.2) is 12.1 Å². The van der Waals surface area contributed by atoms with E-state index in [1.807, 2.05) is 12.1 Å². The molecule has 0 unspecified atom stereocenters. The van der Waals surface area contributed by atoms with Gasteiger partial charge in [-0.05, 0) is 69.1 Å². The predicted molar refractivity (Wildman–Crippen MR) is 131 cm³/mol. The Morgan fingerprint density at radius 3 is 2.24 bits per heavy atom. The van der Waals surface area contributed by atoms with Crippen molar-refractivity contribution in [2.75, 3.05) is 38.5 Å². The van der Waals surface area contributed by atoms with E-state index in [-0.39, 0.29) is 5.75 Å². The minimum Gasteiger partial charge on any atom is -0.502 e. The Hall–Kier alpha value is -2.74. The Kier molecular flexibility index (Phi) is 7.42. The van der Waals surface area contributed by atoms with Crippen LogP contribution < -0.4 is 25.0 Å². The molecule has 0 spiro atoms. The van der Waals surface area contributed by atoms with E-state index in [1.165, 1.54) is 24.1 Å². The van der Waals surface area contributed by atoms with Gasteiger partial charge in [0.1, 0.15) is 5.82 Å². The van der Waals surface area contributed by atoms with Gasteiger partial charge in [-0.1, -0.05) is 0 Å². The maximum atomic E-state index is 10.1. The lowest BCUT2D eigenvalue weighted by Gasteiger charge is -2.30. The largest absolute Gasteiger partial charge is 0.502 e. The molecule has 3 N–H and O–H groups in total. The van der Waals surface area contributed by atoms with Crippen LogP contribution in [0.1, 0.15) is 55.3 Å². The van der Waals surface area contributed by atoms with Crippen molar-refractivity contribution in [1.29, 1.82) is 0 Å². The highest BCUT2D eigenvalue weighted by molar-refractivity contribution is 5.53. The Bertz CT molecular complexity index is 932. The average molecular weight is 456 g/mol. The summed E-state index contributed by atoms with van der Waals surface area (Å²) in [6, 6.07) is 4.56. The maximum Gasteiger partial charge on any atom is 0.225 e. The summed E-state index contributed by atoms with van der Waals surface area (Å²) in [6.45, 7) is 0.704. The van der Waals surface area contributed by atoms with Crippen molar-refractivity contribution in [3.8, 4) is 17.2 Å². The number of aromatic nitrogens is 2. The molecule has 2 aliphatic rings. The summed E-state index contributed by atoms with van der Waals surface area (Å²) in [5.74, 6) is 2.75. The summed E-state index contributed by atoms with van der Waals surface area (Å²) < 4.78 is 10.5. The molecule has 180 valence electrons. The molecule has 1 fully saturated rings. The molecule has 0 atom stereocenters. The van der Waals surface area contributed by atoms with E-state index in [9.17, 15) is 5.11 Å². The summed E-state index contributed by atoms with van der Waals surface area (Å²) in [5.41, 5.74) is 3.57. The van der Waals surface area contributed by atoms with E-state index < -0.39 is 0 Å². The third-order valence-corrected chi connectivity index (χ3v) is 6.78. The normalized spacial score (nSPS) is 20.1. The highest BCUT2D eigenvalue weighted by Crippen LogP contribution is 2.37. The SMILES string of the molecule is COc1cc(CN[C@H]2CC[C@@H](Nc3nc4c(c(N(C)C)n3)CCCC4)CC2)cc(OC)c1O. The van der Waals surface area contributed by atoms with Crippen molar-refractivity contribution in [2.45, 2.75) is 70.0 Å². The highest BCUT2D eigenvalue weighted by atomic mass is 16.5. The minimum absolute atomic E-state index is 0.0390. The lowest BCUT2D eigenvalue weighted by molar-refractivity contribution is 0.336. The van der Waals surface area contributed by atoms with E-state index in [1.54, 1.807) is 14.2 Å². The number of phenols is 1. The fourth-order valence-electron chi connectivity index (χ4n) is 4.95. The number of aryl methyl sites for hydroxylation is 1. The van der Waals surface area contributed by atoms with Crippen LogP contribution in [0.4, 0.5) is 11.8 Å². The maximum absolute atomic E-state index is 10.1. The number of hydrogen-bond donors (Lipinski definition) is 3. The van der Waals surface area contributed by atoms with Gasteiger partial charge in [0.2, 0.25) is 11.7 Å². The lowest BCUT2D eigenvalue weighted by Crippen LogP contribution is -2.37. The van der Waals surface area contributed by atoms with Gasteiger partial charge < -0.3 is 30.1 Å². The number of anilines is 2. The smallest absolute Gasteiger partial charge is 0.225 e. The molecule has 1 saturated carbocycles. The average Bonchev–Trinajstić information content (AvgIpc) is 2.83. The quantitative estimate of drug-likeness (QED) is 0.556. The highest BCUT2D eigenvalue weighted by Gasteiger charge is 2.24. The number of benzene rings is 1. The fourth-order valence-corrected chi connectivity index (χ4v) is 4.95. The van der Waals surface area contributed by atoms with E-state index >= 15 is 0 Å². The van der Waals surface area contributed by atoms with Gasteiger partial charge in [-0.3, -0.25) is 0 Å². The molecule has 0 amide bonds. The van der Waals surface area contributed by atoms with E-state index in [2.05, 4.69) is 29.6 Å². The number of aromatic hydroxyl groups is 1. The van der Waals surface area contributed by atoms with Gasteiger partial charge in [0.05, 0.1) is 19.9 Å². The number of hydrogen-bond acceptors (Lipinski definition) is 8. The Balaban J connectivity index is 1.32. The third kappa shape index (κ3) is 5.43. The first-order valence-corrected chi connectivity index (χ1v) is 12.0.